The Kier molecular flexibility index (Phi) is 3.36. The number of halogens is 2. The van der Waals surface area contributed by atoms with Crippen molar-refractivity contribution in [2.24, 2.45) is 0 Å². The number of rotatable bonds is 1. The van der Waals surface area contributed by atoms with Gasteiger partial charge < -0.3 is 0 Å². The van der Waals surface area contributed by atoms with Crippen molar-refractivity contribution in [1.82, 2.24) is 0 Å². The van der Waals surface area contributed by atoms with Gasteiger partial charge in [-0.1, -0.05) is 35.3 Å². The molecule has 13 heavy (non-hydrogen) atoms. The Morgan fingerprint density at radius 3 is 2.77 bits per heavy atom. The zero-order chi connectivity index (χ0) is 9.84. The Morgan fingerprint density at radius 1 is 1.54 bits per heavy atom. The number of nitriles is 1. The summed E-state index contributed by atoms with van der Waals surface area (Å²) in [5, 5.41) is 9.44. The number of benzene rings is 1. The van der Waals surface area contributed by atoms with E-state index in [1.165, 1.54) is 6.08 Å². The van der Waals surface area contributed by atoms with Crippen molar-refractivity contribution in [3.63, 3.8) is 0 Å². The Hall–Kier alpha value is -0.970. The van der Waals surface area contributed by atoms with E-state index in [1.807, 2.05) is 25.1 Å². The maximum absolute atomic E-state index is 8.38. The van der Waals surface area contributed by atoms with E-state index in [2.05, 4.69) is 0 Å². The van der Waals surface area contributed by atoms with Gasteiger partial charge in [-0.05, 0) is 24.1 Å². The summed E-state index contributed by atoms with van der Waals surface area (Å²) in [4.78, 5) is 0. The molecule has 0 heterocycles. The smallest absolute Gasteiger partial charge is 0.0927 e. The van der Waals surface area contributed by atoms with Gasteiger partial charge in [-0.15, -0.1) is 0 Å². The predicted molar refractivity (Wildman–Crippen MR) is 55.6 cm³/mol. The first-order valence-electron chi connectivity index (χ1n) is 3.67. The summed E-state index contributed by atoms with van der Waals surface area (Å²) in [6, 6.07) is 7.30. The van der Waals surface area contributed by atoms with Crippen LogP contribution in [0.4, 0.5) is 0 Å². The fourth-order valence-corrected chi connectivity index (χ4v) is 1.23. The second kappa shape index (κ2) is 4.32. The maximum Gasteiger partial charge on any atom is 0.0927 e. The van der Waals surface area contributed by atoms with Crippen LogP contribution in [0.1, 0.15) is 11.1 Å². The van der Waals surface area contributed by atoms with Gasteiger partial charge in [-0.25, -0.2) is 0 Å². The average Bonchev–Trinajstić information content (AvgIpc) is 2.10. The molecule has 1 aromatic carbocycles. The van der Waals surface area contributed by atoms with Gasteiger partial charge in [0.25, 0.3) is 0 Å². The van der Waals surface area contributed by atoms with Crippen LogP contribution in [0.25, 0.3) is 5.03 Å². The lowest BCUT2D eigenvalue weighted by Crippen LogP contribution is -1.80. The van der Waals surface area contributed by atoms with Gasteiger partial charge in [0.2, 0.25) is 0 Å². The molecule has 0 unspecified atom stereocenters. The lowest BCUT2D eigenvalue weighted by Gasteiger charge is -2.01. The van der Waals surface area contributed by atoms with E-state index >= 15 is 0 Å². The molecular weight excluding hydrogens is 205 g/mol. The molecule has 0 aliphatic heterocycles. The molecule has 0 saturated heterocycles. The Bertz CT molecular complexity index is 388. The Labute approximate surface area is 87.2 Å². The Balaban J connectivity index is 3.13. The number of hydrogen-bond acceptors (Lipinski definition) is 1. The molecule has 0 atom stereocenters. The molecule has 66 valence electrons. The molecule has 0 N–H and O–H groups in total. The highest BCUT2D eigenvalue weighted by Gasteiger charge is 2.00. The lowest BCUT2D eigenvalue weighted by molar-refractivity contribution is 1.46. The molecule has 1 nitrogen and oxygen atoms in total. The zero-order valence-electron chi connectivity index (χ0n) is 7.01. The molecule has 0 radical (unpaired) electrons. The molecule has 0 aromatic heterocycles. The average molecular weight is 212 g/mol. The first kappa shape index (κ1) is 10.1. The zero-order valence-corrected chi connectivity index (χ0v) is 8.52. The molecule has 0 saturated carbocycles. The third-order valence-electron chi connectivity index (χ3n) is 1.64. The van der Waals surface area contributed by atoms with Crippen molar-refractivity contribution >= 4 is 28.2 Å². The summed E-state index contributed by atoms with van der Waals surface area (Å²) in [6.07, 6.45) is 1.28. The van der Waals surface area contributed by atoms with Gasteiger partial charge in [-0.2, -0.15) is 5.26 Å². The van der Waals surface area contributed by atoms with Gasteiger partial charge in [0.1, 0.15) is 0 Å². The number of hydrogen-bond donors (Lipinski definition) is 0. The largest absolute Gasteiger partial charge is 0.193 e. The van der Waals surface area contributed by atoms with Crippen LogP contribution in [0.15, 0.2) is 24.3 Å². The molecule has 0 aliphatic rings. The first-order chi connectivity index (χ1) is 6.15. The van der Waals surface area contributed by atoms with E-state index in [0.717, 1.165) is 11.1 Å². The second-order valence-electron chi connectivity index (χ2n) is 2.59. The fraction of sp³-hybridized carbons (Fsp3) is 0.100. The van der Waals surface area contributed by atoms with Gasteiger partial charge in [0.05, 0.1) is 11.1 Å². The minimum Gasteiger partial charge on any atom is -0.193 e. The highest BCUT2D eigenvalue weighted by atomic mass is 35.5. The summed E-state index contributed by atoms with van der Waals surface area (Å²) < 4.78 is 0. The molecule has 0 aliphatic carbocycles. The van der Waals surface area contributed by atoms with Crippen LogP contribution in [0.2, 0.25) is 5.02 Å². The van der Waals surface area contributed by atoms with Crippen LogP contribution in [0.5, 0.6) is 0 Å². The van der Waals surface area contributed by atoms with Crippen LogP contribution < -0.4 is 0 Å². The summed E-state index contributed by atoms with van der Waals surface area (Å²) >= 11 is 11.7. The topological polar surface area (TPSA) is 23.8 Å². The van der Waals surface area contributed by atoms with E-state index in [-0.39, 0.29) is 0 Å². The van der Waals surface area contributed by atoms with Crippen LogP contribution >= 0.6 is 23.2 Å². The minimum atomic E-state index is 0.407. The second-order valence-corrected chi connectivity index (χ2v) is 3.40. The van der Waals surface area contributed by atoms with Crippen molar-refractivity contribution < 1.29 is 0 Å². The van der Waals surface area contributed by atoms with E-state index in [1.54, 1.807) is 6.07 Å². The van der Waals surface area contributed by atoms with E-state index < -0.39 is 0 Å². The quantitative estimate of drug-likeness (QED) is 0.650. The van der Waals surface area contributed by atoms with Crippen molar-refractivity contribution in [2.45, 2.75) is 6.92 Å². The number of aryl methyl sites for hydroxylation is 1. The van der Waals surface area contributed by atoms with Crippen molar-refractivity contribution in [1.29, 1.82) is 5.26 Å². The lowest BCUT2D eigenvalue weighted by atomic mass is 10.1. The molecule has 0 bridgehead atoms. The number of nitrogens with zero attached hydrogens (tertiary/aromatic N) is 1. The van der Waals surface area contributed by atoms with Crippen LogP contribution in [0, 0.1) is 18.3 Å². The van der Waals surface area contributed by atoms with Crippen LogP contribution in [-0.2, 0) is 0 Å². The summed E-state index contributed by atoms with van der Waals surface area (Å²) in [5.74, 6) is 0. The highest BCUT2D eigenvalue weighted by molar-refractivity contribution is 6.49. The van der Waals surface area contributed by atoms with Crippen molar-refractivity contribution in [3.05, 3.63) is 40.4 Å². The first-order valence-corrected chi connectivity index (χ1v) is 4.42. The highest BCUT2D eigenvalue weighted by Crippen LogP contribution is 2.24. The number of allylic oxidation sites excluding steroid dienone is 1. The van der Waals surface area contributed by atoms with Gasteiger partial charge in [-0.3, -0.25) is 0 Å². The molecule has 1 rings (SSSR count). The summed E-state index contributed by atoms with van der Waals surface area (Å²) in [6.45, 7) is 1.91. The van der Waals surface area contributed by atoms with E-state index in [4.69, 9.17) is 28.5 Å². The van der Waals surface area contributed by atoms with Crippen molar-refractivity contribution in [2.75, 3.05) is 0 Å². The monoisotopic (exact) mass is 211 g/mol. The normalized spacial score (nSPS) is 11.1. The molecule has 0 spiro atoms. The standard InChI is InChI=1S/C10H7Cl2N/c1-7-2-3-8(6-10(7)12)9(11)4-5-13/h2-4,6H,1H3. The van der Waals surface area contributed by atoms with E-state index in [9.17, 15) is 0 Å². The third kappa shape index (κ3) is 2.48. The third-order valence-corrected chi connectivity index (χ3v) is 2.37. The van der Waals surface area contributed by atoms with E-state index in [0.29, 0.717) is 10.1 Å². The molecule has 3 heteroatoms. The van der Waals surface area contributed by atoms with Crippen LogP contribution in [0.3, 0.4) is 0 Å². The van der Waals surface area contributed by atoms with Gasteiger partial charge >= 0.3 is 0 Å². The van der Waals surface area contributed by atoms with Gasteiger partial charge in [0, 0.05) is 11.1 Å². The molecular formula is C10H7Cl2N. The molecule has 0 amide bonds. The predicted octanol–water partition coefficient (Wildman–Crippen LogP) is 3.75. The SMILES string of the molecule is Cc1ccc(C(Cl)=CC#N)cc1Cl. The maximum atomic E-state index is 8.38. The molecule has 0 fully saturated rings. The Morgan fingerprint density at radius 2 is 2.23 bits per heavy atom. The summed E-state index contributed by atoms with van der Waals surface area (Å²) in [7, 11) is 0. The summed E-state index contributed by atoms with van der Waals surface area (Å²) in [5.41, 5.74) is 1.76. The van der Waals surface area contributed by atoms with Gasteiger partial charge in [0.15, 0.2) is 0 Å². The molecule has 1 aromatic rings. The fourth-order valence-electron chi connectivity index (χ4n) is 0.881. The van der Waals surface area contributed by atoms with Crippen molar-refractivity contribution in [3.8, 4) is 6.07 Å². The minimum absolute atomic E-state index is 0.407. The van der Waals surface area contributed by atoms with Crippen LogP contribution in [-0.4, -0.2) is 0 Å².